The fourth-order valence-electron chi connectivity index (χ4n) is 2.24. The van der Waals surface area contributed by atoms with Crippen LogP contribution in [0.5, 0.6) is 5.75 Å². The quantitative estimate of drug-likeness (QED) is 0.251. The highest BCUT2D eigenvalue weighted by Crippen LogP contribution is 2.56. The molecule has 0 atom stereocenters. The maximum Gasteiger partial charge on any atom is 0.412 e. The summed E-state index contributed by atoms with van der Waals surface area (Å²) >= 11 is 0. The third-order valence-electron chi connectivity index (χ3n) is 3.17. The van der Waals surface area contributed by atoms with E-state index in [1.165, 1.54) is 6.07 Å². The van der Waals surface area contributed by atoms with Gasteiger partial charge in [0, 0.05) is 5.39 Å². The minimum absolute atomic E-state index is 0.0304. The van der Waals surface area contributed by atoms with Gasteiger partial charge in [-0.05, 0) is 31.1 Å². The fourth-order valence-corrected chi connectivity index (χ4v) is 7.02. The van der Waals surface area contributed by atoms with Gasteiger partial charge in [-0.2, -0.15) is 26.3 Å². The Morgan fingerprint density at radius 3 is 1.86 bits per heavy atom. The van der Waals surface area contributed by atoms with Crippen LogP contribution < -0.4 is 4.52 Å². The minimum atomic E-state index is -4.80. The van der Waals surface area contributed by atoms with E-state index in [1.807, 2.05) is 0 Å². The summed E-state index contributed by atoms with van der Waals surface area (Å²) in [6.07, 6.45) is -9.60. The van der Waals surface area contributed by atoms with Crippen molar-refractivity contribution in [3.05, 3.63) is 42.5 Å². The van der Waals surface area contributed by atoms with Crippen molar-refractivity contribution in [1.29, 1.82) is 0 Å². The van der Waals surface area contributed by atoms with Gasteiger partial charge in [0.15, 0.2) is 21.4 Å². The maximum atomic E-state index is 12.8. The van der Waals surface area contributed by atoms with Crippen LogP contribution in [0.25, 0.3) is 10.8 Å². The number of hydrogen-bond donors (Lipinski definition) is 0. The molecule has 162 valence electrons. The number of fused-ring (bicyclic) bond motifs is 1. The van der Waals surface area contributed by atoms with E-state index in [-0.39, 0.29) is 5.75 Å². The second-order valence-corrected chi connectivity index (χ2v) is 13.9. The summed E-state index contributed by atoms with van der Waals surface area (Å²) < 4.78 is 96.3. The molecule has 0 heterocycles. The van der Waals surface area contributed by atoms with Crippen LogP contribution in [0, 0.1) is 0 Å². The Labute approximate surface area is 165 Å². The molecule has 0 aliphatic rings. The van der Waals surface area contributed by atoms with Gasteiger partial charge >= 0.3 is 20.1 Å². The second kappa shape index (κ2) is 8.67. The topological polar surface area (TPSA) is 40.0 Å². The zero-order valence-electron chi connectivity index (χ0n) is 15.8. The first-order valence-corrected chi connectivity index (χ1v) is 13.4. The molecule has 0 saturated carbocycles. The van der Waals surface area contributed by atoms with Gasteiger partial charge in [-0.3, -0.25) is 13.5 Å². The van der Waals surface area contributed by atoms with Crippen molar-refractivity contribution < 1.29 is 39.9 Å². The van der Waals surface area contributed by atoms with Gasteiger partial charge < -0.3 is 4.52 Å². The van der Waals surface area contributed by atoms with E-state index in [2.05, 4.69) is 4.41 Å². The van der Waals surface area contributed by atoms with Crippen LogP contribution in [0.4, 0.5) is 26.3 Å². The van der Waals surface area contributed by atoms with Crippen LogP contribution in [-0.4, -0.2) is 33.8 Å². The van der Waals surface area contributed by atoms with Crippen molar-refractivity contribution in [3.8, 4) is 5.75 Å². The standard InChI is InChI=1S/C17H20F6NO3PSi/c1-29(2,3)24-28(25-11-16(18,19)20,26-12-17(21,22)23)27-15-10-6-8-13-7-4-5-9-14(13)15/h4-10H,11-12H2,1-3H3. The molecule has 0 N–H and O–H groups in total. The summed E-state index contributed by atoms with van der Waals surface area (Å²) in [6, 6.07) is 11.5. The van der Waals surface area contributed by atoms with E-state index in [9.17, 15) is 26.3 Å². The van der Waals surface area contributed by atoms with Crippen LogP contribution in [0.1, 0.15) is 0 Å². The molecule has 12 heteroatoms. The predicted molar refractivity (Wildman–Crippen MR) is 101 cm³/mol. The third kappa shape index (κ3) is 8.00. The molecule has 2 rings (SSSR count). The van der Waals surface area contributed by atoms with Gasteiger partial charge in [-0.1, -0.05) is 36.4 Å². The Balaban J connectivity index is 2.57. The van der Waals surface area contributed by atoms with Crippen molar-refractivity contribution in [1.82, 2.24) is 0 Å². The number of hydrogen-bond acceptors (Lipinski definition) is 4. The summed E-state index contributed by atoms with van der Waals surface area (Å²) in [4.78, 5) is 0. The fraction of sp³-hybridized carbons (Fsp3) is 0.412. The van der Waals surface area contributed by atoms with E-state index in [4.69, 9.17) is 13.6 Å². The zero-order valence-corrected chi connectivity index (χ0v) is 17.7. The highest BCUT2D eigenvalue weighted by molar-refractivity contribution is 7.53. The minimum Gasteiger partial charge on any atom is -0.418 e. The van der Waals surface area contributed by atoms with Gasteiger partial charge in [0.05, 0.1) is 0 Å². The molecule has 0 amide bonds. The summed E-state index contributed by atoms with van der Waals surface area (Å²) in [5.74, 6) is 0.0304. The largest absolute Gasteiger partial charge is 0.418 e. The van der Waals surface area contributed by atoms with Crippen LogP contribution >= 0.6 is 7.74 Å². The molecule has 4 nitrogen and oxygen atoms in total. The highest BCUT2D eigenvalue weighted by Gasteiger charge is 2.40. The van der Waals surface area contributed by atoms with E-state index in [1.54, 1.807) is 56.0 Å². The molecule has 29 heavy (non-hydrogen) atoms. The molecule has 0 fully saturated rings. The normalized spacial score (nSPS) is 13.6. The van der Waals surface area contributed by atoms with Gasteiger partial charge in [0.25, 0.3) is 0 Å². The lowest BCUT2D eigenvalue weighted by molar-refractivity contribution is -0.166. The van der Waals surface area contributed by atoms with Gasteiger partial charge in [-0.25, -0.2) is 0 Å². The van der Waals surface area contributed by atoms with E-state index in [0.29, 0.717) is 10.8 Å². The second-order valence-electron chi connectivity index (χ2n) is 7.09. The molecule has 0 aromatic heterocycles. The SMILES string of the molecule is C[Si](C)(C)N=P(OCC(F)(F)F)(OCC(F)(F)F)Oc1cccc2ccccc12. The van der Waals surface area contributed by atoms with Crippen molar-refractivity contribution >= 4 is 26.7 Å². The summed E-state index contributed by atoms with van der Waals surface area (Å²) in [6.45, 7) is 1.18. The lowest BCUT2D eigenvalue weighted by Crippen LogP contribution is -2.24. The smallest absolute Gasteiger partial charge is 0.412 e. The Bertz CT molecular complexity index is 868. The van der Waals surface area contributed by atoms with Crippen molar-refractivity contribution in [2.45, 2.75) is 32.0 Å². The van der Waals surface area contributed by atoms with Crippen LogP contribution in [0.15, 0.2) is 46.9 Å². The first-order chi connectivity index (χ1) is 13.2. The Morgan fingerprint density at radius 1 is 0.828 bits per heavy atom. The Hall–Kier alpha value is -1.55. The molecular formula is C17H20F6NO3PSi. The van der Waals surface area contributed by atoms with Gasteiger partial charge in [0.1, 0.15) is 5.75 Å². The van der Waals surface area contributed by atoms with E-state index in [0.717, 1.165) is 0 Å². The molecular weight excluding hydrogens is 439 g/mol. The number of halogens is 6. The van der Waals surface area contributed by atoms with Crippen LogP contribution in [-0.2, 0) is 9.05 Å². The first-order valence-electron chi connectivity index (χ1n) is 8.42. The molecule has 0 spiro atoms. The monoisotopic (exact) mass is 459 g/mol. The molecule has 0 unspecified atom stereocenters. The summed E-state index contributed by atoms with van der Waals surface area (Å²) in [7, 11) is -7.03. The van der Waals surface area contributed by atoms with Crippen LogP contribution in [0.2, 0.25) is 19.6 Å². The number of alkyl halides is 6. The molecule has 0 aliphatic heterocycles. The van der Waals surface area contributed by atoms with Crippen molar-refractivity contribution in [2.75, 3.05) is 13.2 Å². The summed E-state index contributed by atoms with van der Waals surface area (Å²) in [5.41, 5.74) is 0. The van der Waals surface area contributed by atoms with E-state index < -0.39 is 41.5 Å². The number of benzene rings is 2. The van der Waals surface area contributed by atoms with Crippen molar-refractivity contribution in [2.24, 2.45) is 4.41 Å². The van der Waals surface area contributed by atoms with E-state index >= 15 is 0 Å². The van der Waals surface area contributed by atoms with Crippen molar-refractivity contribution in [3.63, 3.8) is 0 Å². The maximum absolute atomic E-state index is 12.8. The van der Waals surface area contributed by atoms with Gasteiger partial charge in [0.2, 0.25) is 0 Å². The number of rotatable bonds is 7. The Kier molecular flexibility index (Phi) is 7.09. The number of nitrogens with zero attached hydrogens (tertiary/aromatic N) is 1. The molecule has 2 aromatic carbocycles. The molecule has 0 radical (unpaired) electrons. The van der Waals surface area contributed by atoms with Crippen LogP contribution in [0.3, 0.4) is 0 Å². The Morgan fingerprint density at radius 2 is 1.34 bits per heavy atom. The summed E-state index contributed by atoms with van der Waals surface area (Å²) in [5, 5.41) is 1.17. The predicted octanol–water partition coefficient (Wildman–Crippen LogP) is 7.16. The lowest BCUT2D eigenvalue weighted by Gasteiger charge is -2.28. The molecule has 0 aliphatic carbocycles. The third-order valence-corrected chi connectivity index (χ3v) is 7.89. The first kappa shape index (κ1) is 23.7. The average molecular weight is 459 g/mol. The van der Waals surface area contributed by atoms with Gasteiger partial charge in [-0.15, -0.1) is 0 Å². The molecule has 0 bridgehead atoms. The molecule has 2 aromatic rings. The molecule has 0 saturated heterocycles. The zero-order chi connectivity index (χ0) is 21.9. The average Bonchev–Trinajstić information content (AvgIpc) is 2.56. The highest BCUT2D eigenvalue weighted by atomic mass is 31.2. The lowest BCUT2D eigenvalue weighted by atomic mass is 10.1.